The molecule has 0 radical (unpaired) electrons. The van der Waals surface area contributed by atoms with E-state index < -0.39 is 0 Å². The van der Waals surface area contributed by atoms with Gasteiger partial charge in [0.15, 0.2) is 6.61 Å². The van der Waals surface area contributed by atoms with Crippen LogP contribution in [0.3, 0.4) is 0 Å². The lowest BCUT2D eigenvalue weighted by atomic mass is 10.1. The lowest BCUT2D eigenvalue weighted by molar-refractivity contribution is -0.118. The summed E-state index contributed by atoms with van der Waals surface area (Å²) in [6.07, 6.45) is 0.948. The first kappa shape index (κ1) is 14.1. The first-order valence-corrected chi connectivity index (χ1v) is 6.75. The van der Waals surface area contributed by atoms with Crippen LogP contribution in [0, 0.1) is 6.92 Å². The van der Waals surface area contributed by atoms with Crippen molar-refractivity contribution in [2.75, 3.05) is 11.9 Å². The van der Waals surface area contributed by atoms with Crippen molar-refractivity contribution < 1.29 is 9.53 Å². The fourth-order valence-electron chi connectivity index (χ4n) is 1.92. The standard InChI is InChI=1S/C17H19NO2/c1-3-14-7-5-8-15(11-14)18-17(19)12-20-16-9-4-6-13(2)10-16/h4-11H,3,12H2,1-2H3,(H,18,19). The predicted octanol–water partition coefficient (Wildman–Crippen LogP) is 3.57. The fraction of sp³-hybridized carbons (Fsp3) is 0.235. The second-order valence-electron chi connectivity index (χ2n) is 4.71. The molecule has 0 aliphatic rings. The maximum absolute atomic E-state index is 11.8. The first-order valence-electron chi connectivity index (χ1n) is 6.75. The molecule has 1 amide bonds. The van der Waals surface area contributed by atoms with E-state index in [9.17, 15) is 4.79 Å². The molecule has 0 bridgehead atoms. The third-order valence-electron chi connectivity index (χ3n) is 2.98. The molecule has 104 valence electrons. The Hall–Kier alpha value is -2.29. The molecule has 20 heavy (non-hydrogen) atoms. The van der Waals surface area contributed by atoms with E-state index in [1.807, 2.05) is 55.5 Å². The van der Waals surface area contributed by atoms with Crippen LogP contribution in [0.15, 0.2) is 48.5 Å². The molecule has 2 aromatic carbocycles. The second kappa shape index (κ2) is 6.75. The van der Waals surface area contributed by atoms with Crippen LogP contribution in [0.2, 0.25) is 0 Å². The third kappa shape index (κ3) is 4.12. The van der Waals surface area contributed by atoms with E-state index in [0.29, 0.717) is 5.75 Å². The number of carbonyl (C=O) groups is 1. The van der Waals surface area contributed by atoms with Crippen molar-refractivity contribution in [3.05, 3.63) is 59.7 Å². The molecule has 2 aromatic rings. The van der Waals surface area contributed by atoms with Gasteiger partial charge in [-0.1, -0.05) is 31.2 Å². The highest BCUT2D eigenvalue weighted by molar-refractivity contribution is 5.91. The van der Waals surface area contributed by atoms with E-state index >= 15 is 0 Å². The van der Waals surface area contributed by atoms with Crippen molar-refractivity contribution in [2.24, 2.45) is 0 Å². The molecule has 1 N–H and O–H groups in total. The Morgan fingerprint density at radius 1 is 1.15 bits per heavy atom. The first-order chi connectivity index (χ1) is 9.67. The van der Waals surface area contributed by atoms with Crippen LogP contribution >= 0.6 is 0 Å². The van der Waals surface area contributed by atoms with Crippen molar-refractivity contribution in [3.63, 3.8) is 0 Å². The van der Waals surface area contributed by atoms with Gasteiger partial charge in [-0.2, -0.15) is 0 Å². The molecule has 0 atom stereocenters. The van der Waals surface area contributed by atoms with Gasteiger partial charge in [-0.25, -0.2) is 0 Å². The number of nitrogens with one attached hydrogen (secondary N) is 1. The van der Waals surface area contributed by atoms with Crippen molar-refractivity contribution >= 4 is 11.6 Å². The zero-order valence-corrected chi connectivity index (χ0v) is 11.8. The predicted molar refractivity (Wildman–Crippen MR) is 81.1 cm³/mol. The summed E-state index contributed by atoms with van der Waals surface area (Å²) >= 11 is 0. The summed E-state index contributed by atoms with van der Waals surface area (Å²) in [6.45, 7) is 4.09. The largest absolute Gasteiger partial charge is 0.484 e. The molecular formula is C17H19NO2. The van der Waals surface area contributed by atoms with Crippen LogP contribution in [-0.4, -0.2) is 12.5 Å². The van der Waals surface area contributed by atoms with Crippen LogP contribution in [0.1, 0.15) is 18.1 Å². The summed E-state index contributed by atoms with van der Waals surface area (Å²) < 4.78 is 5.47. The molecule has 3 heteroatoms. The molecule has 0 saturated heterocycles. The van der Waals surface area contributed by atoms with Gasteiger partial charge < -0.3 is 10.1 Å². The monoisotopic (exact) mass is 269 g/mol. The van der Waals surface area contributed by atoms with Crippen molar-refractivity contribution in [2.45, 2.75) is 20.3 Å². The quantitative estimate of drug-likeness (QED) is 0.901. The van der Waals surface area contributed by atoms with Crippen LogP contribution < -0.4 is 10.1 Å². The minimum atomic E-state index is -0.153. The lowest BCUT2D eigenvalue weighted by Gasteiger charge is -2.08. The van der Waals surface area contributed by atoms with Crippen molar-refractivity contribution in [1.82, 2.24) is 0 Å². The van der Waals surface area contributed by atoms with Gasteiger partial charge in [0.05, 0.1) is 0 Å². The van der Waals surface area contributed by atoms with Crippen LogP contribution in [0.25, 0.3) is 0 Å². The molecular weight excluding hydrogens is 250 g/mol. The molecule has 2 rings (SSSR count). The summed E-state index contributed by atoms with van der Waals surface area (Å²) in [6, 6.07) is 15.5. The Bertz CT molecular complexity index is 593. The molecule has 0 aromatic heterocycles. The third-order valence-corrected chi connectivity index (χ3v) is 2.98. The number of hydrogen-bond donors (Lipinski definition) is 1. The van der Waals surface area contributed by atoms with E-state index in [-0.39, 0.29) is 12.5 Å². The zero-order chi connectivity index (χ0) is 14.4. The maximum Gasteiger partial charge on any atom is 0.262 e. The van der Waals surface area contributed by atoms with E-state index in [1.165, 1.54) is 5.56 Å². The number of amides is 1. The van der Waals surface area contributed by atoms with E-state index in [4.69, 9.17) is 4.74 Å². The van der Waals surface area contributed by atoms with Gasteiger partial charge in [0.1, 0.15) is 5.75 Å². The van der Waals surface area contributed by atoms with E-state index in [0.717, 1.165) is 17.7 Å². The number of hydrogen-bond acceptors (Lipinski definition) is 2. The number of carbonyl (C=O) groups excluding carboxylic acids is 1. The van der Waals surface area contributed by atoms with E-state index in [2.05, 4.69) is 12.2 Å². The molecule has 0 unspecified atom stereocenters. The normalized spacial score (nSPS) is 10.1. The SMILES string of the molecule is CCc1cccc(NC(=O)COc2cccc(C)c2)c1. The number of aryl methyl sites for hydroxylation is 2. The second-order valence-corrected chi connectivity index (χ2v) is 4.71. The van der Waals surface area contributed by atoms with Gasteiger partial charge >= 0.3 is 0 Å². The Labute approximate surface area is 119 Å². The van der Waals surface area contributed by atoms with Crippen LogP contribution in [-0.2, 0) is 11.2 Å². The topological polar surface area (TPSA) is 38.3 Å². The molecule has 0 fully saturated rings. The molecule has 0 spiro atoms. The number of anilines is 1. The fourth-order valence-corrected chi connectivity index (χ4v) is 1.92. The molecule has 0 aliphatic carbocycles. The van der Waals surface area contributed by atoms with E-state index in [1.54, 1.807) is 0 Å². The molecule has 0 heterocycles. The Kier molecular flexibility index (Phi) is 4.77. The summed E-state index contributed by atoms with van der Waals surface area (Å²) in [5, 5.41) is 2.84. The Balaban J connectivity index is 1.89. The summed E-state index contributed by atoms with van der Waals surface area (Å²) in [7, 11) is 0. The Morgan fingerprint density at radius 3 is 2.70 bits per heavy atom. The van der Waals surface area contributed by atoms with Gasteiger partial charge in [-0.05, 0) is 48.7 Å². The highest BCUT2D eigenvalue weighted by Gasteiger charge is 2.04. The minimum Gasteiger partial charge on any atom is -0.484 e. The van der Waals surface area contributed by atoms with Gasteiger partial charge in [0.2, 0.25) is 0 Å². The van der Waals surface area contributed by atoms with Crippen molar-refractivity contribution in [1.29, 1.82) is 0 Å². The average Bonchev–Trinajstić information content (AvgIpc) is 2.45. The number of ether oxygens (including phenoxy) is 1. The van der Waals surface area contributed by atoms with Crippen LogP contribution in [0.5, 0.6) is 5.75 Å². The summed E-state index contributed by atoms with van der Waals surface area (Å²) in [5.41, 5.74) is 3.11. The number of benzene rings is 2. The molecule has 3 nitrogen and oxygen atoms in total. The highest BCUT2D eigenvalue weighted by Crippen LogP contribution is 2.13. The van der Waals surface area contributed by atoms with Gasteiger partial charge in [0, 0.05) is 5.69 Å². The van der Waals surface area contributed by atoms with Crippen LogP contribution in [0.4, 0.5) is 5.69 Å². The summed E-state index contributed by atoms with van der Waals surface area (Å²) in [5.74, 6) is 0.558. The van der Waals surface area contributed by atoms with Gasteiger partial charge in [0.25, 0.3) is 5.91 Å². The van der Waals surface area contributed by atoms with Crippen molar-refractivity contribution in [3.8, 4) is 5.75 Å². The minimum absolute atomic E-state index is 0.0137. The smallest absolute Gasteiger partial charge is 0.262 e. The number of rotatable bonds is 5. The zero-order valence-electron chi connectivity index (χ0n) is 11.8. The van der Waals surface area contributed by atoms with Gasteiger partial charge in [-0.3, -0.25) is 4.79 Å². The van der Waals surface area contributed by atoms with Gasteiger partial charge in [-0.15, -0.1) is 0 Å². The maximum atomic E-state index is 11.8. The lowest BCUT2D eigenvalue weighted by Crippen LogP contribution is -2.20. The highest BCUT2D eigenvalue weighted by atomic mass is 16.5. The molecule has 0 aliphatic heterocycles. The molecule has 0 saturated carbocycles. The Morgan fingerprint density at radius 2 is 1.95 bits per heavy atom. The average molecular weight is 269 g/mol. The summed E-state index contributed by atoms with van der Waals surface area (Å²) in [4.78, 5) is 11.8.